The van der Waals surface area contributed by atoms with Gasteiger partial charge in [-0.05, 0) is 50.1 Å². The van der Waals surface area contributed by atoms with E-state index in [4.69, 9.17) is 0 Å². The van der Waals surface area contributed by atoms with Crippen molar-refractivity contribution in [3.63, 3.8) is 0 Å². The smallest absolute Gasteiger partial charge is 0.0731 e. The van der Waals surface area contributed by atoms with Gasteiger partial charge in [0.15, 0.2) is 0 Å². The predicted octanol–water partition coefficient (Wildman–Crippen LogP) is 4.02. The molecule has 0 saturated heterocycles. The quantitative estimate of drug-likeness (QED) is 0.904. The minimum Gasteiger partial charge on any atom is -0.376 e. The Kier molecular flexibility index (Phi) is 3.12. The second-order valence-corrected chi connectivity index (χ2v) is 6.19. The summed E-state index contributed by atoms with van der Waals surface area (Å²) < 4.78 is 2.00. The van der Waals surface area contributed by atoms with Crippen molar-refractivity contribution in [2.75, 3.05) is 5.32 Å². The molecule has 96 valence electrons. The highest BCUT2D eigenvalue weighted by Gasteiger charge is 2.21. The molecule has 2 aromatic rings. The number of aromatic nitrogens is 2. The summed E-state index contributed by atoms with van der Waals surface area (Å²) in [5, 5.41) is 10.2. The monoisotopic (exact) mass is 261 g/mol. The summed E-state index contributed by atoms with van der Waals surface area (Å²) in [6.45, 7) is 4.29. The molecule has 3 nitrogen and oxygen atoms in total. The van der Waals surface area contributed by atoms with E-state index < -0.39 is 0 Å². The van der Waals surface area contributed by atoms with Gasteiger partial charge in [0.2, 0.25) is 0 Å². The van der Waals surface area contributed by atoms with Crippen molar-refractivity contribution >= 4 is 17.0 Å². The van der Waals surface area contributed by atoms with E-state index >= 15 is 0 Å². The van der Waals surface area contributed by atoms with Crippen LogP contribution in [0.5, 0.6) is 0 Å². The molecule has 1 unspecified atom stereocenters. The molecule has 4 heteroatoms. The molecule has 0 saturated carbocycles. The van der Waals surface area contributed by atoms with Crippen LogP contribution in [-0.4, -0.2) is 9.78 Å². The van der Waals surface area contributed by atoms with E-state index in [9.17, 15) is 0 Å². The van der Waals surface area contributed by atoms with Crippen LogP contribution in [0, 0.1) is 0 Å². The number of fused-ring (bicyclic) bond motifs is 1. The van der Waals surface area contributed by atoms with Gasteiger partial charge in [-0.1, -0.05) is 0 Å². The van der Waals surface area contributed by atoms with Gasteiger partial charge in [0, 0.05) is 17.1 Å². The molecule has 1 aliphatic carbocycles. The van der Waals surface area contributed by atoms with E-state index in [1.165, 1.54) is 24.8 Å². The number of anilines is 1. The van der Waals surface area contributed by atoms with Gasteiger partial charge < -0.3 is 5.32 Å². The molecular formula is C14H19N3S. The van der Waals surface area contributed by atoms with Crippen LogP contribution in [0.1, 0.15) is 49.2 Å². The van der Waals surface area contributed by atoms with Crippen LogP contribution < -0.4 is 5.32 Å². The molecular weight excluding hydrogens is 242 g/mol. The van der Waals surface area contributed by atoms with E-state index in [0.717, 1.165) is 5.69 Å². The number of hydrogen-bond acceptors (Lipinski definition) is 3. The van der Waals surface area contributed by atoms with E-state index in [1.54, 1.807) is 4.88 Å². The molecule has 1 aliphatic rings. The highest BCUT2D eigenvalue weighted by Crippen LogP contribution is 2.35. The number of nitrogens with one attached hydrogen (secondary N) is 1. The van der Waals surface area contributed by atoms with Crippen LogP contribution in [0.25, 0.3) is 0 Å². The summed E-state index contributed by atoms with van der Waals surface area (Å²) in [6.07, 6.45) is 7.78. The molecule has 0 aliphatic heterocycles. The van der Waals surface area contributed by atoms with Crippen LogP contribution in [0.2, 0.25) is 0 Å². The van der Waals surface area contributed by atoms with Crippen molar-refractivity contribution in [1.29, 1.82) is 0 Å². The second kappa shape index (κ2) is 4.76. The van der Waals surface area contributed by atoms with Crippen molar-refractivity contribution in [3.8, 4) is 0 Å². The lowest BCUT2D eigenvalue weighted by molar-refractivity contribution is 0.532. The molecule has 2 aromatic heterocycles. The van der Waals surface area contributed by atoms with Gasteiger partial charge in [-0.25, -0.2) is 0 Å². The van der Waals surface area contributed by atoms with Crippen molar-refractivity contribution in [3.05, 3.63) is 34.3 Å². The lowest BCUT2D eigenvalue weighted by atomic mass is 9.94. The summed E-state index contributed by atoms with van der Waals surface area (Å²) in [6, 6.07) is 3.15. The Labute approximate surface area is 112 Å². The summed E-state index contributed by atoms with van der Waals surface area (Å²) in [5.74, 6) is 0. The fourth-order valence-electron chi connectivity index (χ4n) is 2.53. The van der Waals surface area contributed by atoms with Crippen molar-refractivity contribution in [2.24, 2.45) is 0 Å². The first-order valence-electron chi connectivity index (χ1n) is 6.61. The number of hydrogen-bond donors (Lipinski definition) is 1. The van der Waals surface area contributed by atoms with E-state index in [-0.39, 0.29) is 0 Å². The standard InChI is InChI=1S/C14H19N3S/c1-10(2)17-9-11(8-15-17)16-13-4-3-5-14-12(13)6-7-18-14/h6-10,13,16H,3-5H2,1-2H3. The fraction of sp³-hybridized carbons (Fsp3) is 0.500. The highest BCUT2D eigenvalue weighted by molar-refractivity contribution is 7.10. The molecule has 1 atom stereocenters. The highest BCUT2D eigenvalue weighted by atomic mass is 32.1. The lowest BCUT2D eigenvalue weighted by Crippen LogP contribution is -2.15. The average molecular weight is 261 g/mol. The van der Waals surface area contributed by atoms with Crippen LogP contribution in [0.15, 0.2) is 23.8 Å². The first-order chi connectivity index (χ1) is 8.74. The van der Waals surface area contributed by atoms with Gasteiger partial charge in [-0.15, -0.1) is 11.3 Å². The SMILES string of the molecule is CC(C)n1cc(NC2CCCc3sccc32)cn1. The lowest BCUT2D eigenvalue weighted by Gasteiger charge is -2.23. The number of aryl methyl sites for hydroxylation is 1. The molecule has 0 aromatic carbocycles. The van der Waals surface area contributed by atoms with E-state index in [0.29, 0.717) is 12.1 Å². The molecule has 0 bridgehead atoms. The molecule has 18 heavy (non-hydrogen) atoms. The van der Waals surface area contributed by atoms with Gasteiger partial charge >= 0.3 is 0 Å². The van der Waals surface area contributed by atoms with E-state index in [2.05, 4.69) is 41.9 Å². The van der Waals surface area contributed by atoms with Crippen LogP contribution in [0.3, 0.4) is 0 Å². The first-order valence-corrected chi connectivity index (χ1v) is 7.49. The van der Waals surface area contributed by atoms with Crippen LogP contribution in [-0.2, 0) is 6.42 Å². The minimum absolute atomic E-state index is 0.420. The Morgan fingerprint density at radius 3 is 3.17 bits per heavy atom. The number of nitrogens with zero attached hydrogens (tertiary/aromatic N) is 2. The molecule has 0 fully saturated rings. The number of thiophene rings is 1. The average Bonchev–Trinajstić information content (AvgIpc) is 2.97. The van der Waals surface area contributed by atoms with E-state index in [1.807, 2.05) is 22.2 Å². The number of rotatable bonds is 3. The Morgan fingerprint density at radius 1 is 1.50 bits per heavy atom. The van der Waals surface area contributed by atoms with Gasteiger partial charge in [-0.2, -0.15) is 5.10 Å². The summed E-state index contributed by atoms with van der Waals surface area (Å²) in [4.78, 5) is 1.55. The molecule has 0 amide bonds. The third-order valence-corrected chi connectivity index (χ3v) is 4.52. The third kappa shape index (κ3) is 2.17. The van der Waals surface area contributed by atoms with Gasteiger partial charge in [0.05, 0.1) is 17.9 Å². The normalized spacial score (nSPS) is 18.9. The van der Waals surface area contributed by atoms with Crippen molar-refractivity contribution < 1.29 is 0 Å². The molecule has 2 heterocycles. The minimum atomic E-state index is 0.420. The Bertz CT molecular complexity index is 527. The maximum atomic E-state index is 4.38. The molecule has 0 spiro atoms. The summed E-state index contributed by atoms with van der Waals surface area (Å²) in [7, 11) is 0. The maximum absolute atomic E-state index is 4.38. The molecule has 1 N–H and O–H groups in total. The predicted molar refractivity (Wildman–Crippen MR) is 76.2 cm³/mol. The van der Waals surface area contributed by atoms with Crippen molar-refractivity contribution in [1.82, 2.24) is 9.78 Å². The zero-order valence-electron chi connectivity index (χ0n) is 10.9. The second-order valence-electron chi connectivity index (χ2n) is 5.19. The largest absolute Gasteiger partial charge is 0.376 e. The van der Waals surface area contributed by atoms with Gasteiger partial charge in [-0.3, -0.25) is 4.68 Å². The van der Waals surface area contributed by atoms with Crippen LogP contribution >= 0.6 is 11.3 Å². The van der Waals surface area contributed by atoms with Crippen LogP contribution in [0.4, 0.5) is 5.69 Å². The Morgan fingerprint density at radius 2 is 2.39 bits per heavy atom. The zero-order chi connectivity index (χ0) is 12.5. The van der Waals surface area contributed by atoms with Gasteiger partial charge in [0.1, 0.15) is 0 Å². The Balaban J connectivity index is 1.77. The first kappa shape index (κ1) is 11.8. The Hall–Kier alpha value is -1.29. The van der Waals surface area contributed by atoms with Crippen molar-refractivity contribution in [2.45, 2.75) is 45.2 Å². The van der Waals surface area contributed by atoms with Gasteiger partial charge in [0.25, 0.3) is 0 Å². The third-order valence-electron chi connectivity index (χ3n) is 3.52. The summed E-state index contributed by atoms with van der Waals surface area (Å²) in [5.41, 5.74) is 2.62. The zero-order valence-corrected chi connectivity index (χ0v) is 11.7. The summed E-state index contributed by atoms with van der Waals surface area (Å²) >= 11 is 1.89. The molecule has 0 radical (unpaired) electrons. The molecule has 3 rings (SSSR count). The topological polar surface area (TPSA) is 29.9 Å². The maximum Gasteiger partial charge on any atom is 0.0731 e. The fourth-order valence-corrected chi connectivity index (χ4v) is 3.52.